The van der Waals surface area contributed by atoms with Crippen LogP contribution in [0, 0.1) is 0 Å². The van der Waals surface area contributed by atoms with Gasteiger partial charge in [-0.05, 0) is 0 Å². The van der Waals surface area contributed by atoms with E-state index in [1.807, 2.05) is 0 Å². The summed E-state index contributed by atoms with van der Waals surface area (Å²) in [5.41, 5.74) is 5.11. The number of rotatable bonds is 0. The number of nitrogens with one attached hydrogen (secondary N) is 1. The summed E-state index contributed by atoms with van der Waals surface area (Å²) in [6.07, 6.45) is 0. The van der Waals surface area contributed by atoms with Gasteiger partial charge >= 0.3 is 0 Å². The Morgan fingerprint density at radius 2 is 2.43 bits per heavy atom. The summed E-state index contributed by atoms with van der Waals surface area (Å²) in [5, 5.41) is 2.32. The Morgan fingerprint density at radius 3 is 2.43 bits per heavy atom. The fourth-order valence-corrected chi connectivity index (χ4v) is 0.526. The zero-order valence-electron chi connectivity index (χ0n) is 3.47. The number of carbonyl (C=O) groups excluding carboxylic acids is 1. The van der Waals surface area contributed by atoms with E-state index in [0.717, 1.165) is 0 Å². The third kappa shape index (κ3) is 0.515. The minimum absolute atomic E-state index is 0.176. The first-order valence-electron chi connectivity index (χ1n) is 1.82. The average molecular weight is 116 g/mol. The Bertz CT molecular complexity index is 119. The molecule has 0 radical (unpaired) electrons. The lowest BCUT2D eigenvalue weighted by atomic mass is 10.2. The molecule has 1 aliphatic heterocycles. The maximum absolute atomic E-state index is 10.1. The van der Waals surface area contributed by atoms with Gasteiger partial charge in [0.1, 0.15) is 11.0 Å². The summed E-state index contributed by atoms with van der Waals surface area (Å²) in [6.45, 7) is 0. The Balaban J connectivity index is 2.59. The predicted octanol–water partition coefficient (Wildman–Crippen LogP) is -1.23. The van der Waals surface area contributed by atoms with Gasteiger partial charge in [0, 0.05) is 0 Å². The quantitative estimate of drug-likeness (QED) is 0.308. The second kappa shape index (κ2) is 1.24. The van der Waals surface area contributed by atoms with E-state index < -0.39 is 6.04 Å². The van der Waals surface area contributed by atoms with E-state index in [4.69, 9.17) is 5.73 Å². The lowest BCUT2D eigenvalue weighted by Gasteiger charge is -2.21. The summed E-state index contributed by atoms with van der Waals surface area (Å²) < 4.78 is 0. The van der Waals surface area contributed by atoms with E-state index in [2.05, 4.69) is 17.5 Å². The van der Waals surface area contributed by atoms with Crippen LogP contribution in [-0.4, -0.2) is 16.9 Å². The van der Waals surface area contributed by atoms with Crippen LogP contribution in [0.15, 0.2) is 0 Å². The normalized spacial score (nSPS) is 29.0. The van der Waals surface area contributed by atoms with Crippen LogP contribution in [0.4, 0.5) is 0 Å². The monoisotopic (exact) mass is 116 g/mol. The summed E-state index contributed by atoms with van der Waals surface area (Å²) in [4.78, 5) is 10.6. The highest BCUT2D eigenvalue weighted by molar-refractivity contribution is 7.80. The minimum Gasteiger partial charge on any atom is -0.317 e. The zero-order valence-corrected chi connectivity index (χ0v) is 4.29. The molecule has 0 aromatic carbocycles. The summed E-state index contributed by atoms with van der Waals surface area (Å²) in [7, 11) is 0. The third-order valence-electron chi connectivity index (χ3n) is 0.811. The molecule has 1 rings (SSSR count). The van der Waals surface area contributed by atoms with Crippen molar-refractivity contribution in [1.82, 2.24) is 5.32 Å². The van der Waals surface area contributed by atoms with Crippen molar-refractivity contribution in [3.8, 4) is 0 Å². The second-order valence-corrected chi connectivity index (χ2v) is 1.77. The van der Waals surface area contributed by atoms with Gasteiger partial charge < -0.3 is 11.1 Å². The van der Waals surface area contributed by atoms with Crippen LogP contribution < -0.4 is 11.1 Å². The van der Waals surface area contributed by atoms with Crippen molar-refractivity contribution in [2.75, 3.05) is 0 Å². The lowest BCUT2D eigenvalue weighted by molar-refractivity contribution is -0.121. The number of carbonyl (C=O) groups is 1. The first-order valence-corrected chi connectivity index (χ1v) is 2.23. The molecule has 38 valence electrons. The zero-order chi connectivity index (χ0) is 5.44. The molecule has 4 heteroatoms. The molecule has 0 aromatic heterocycles. The molecule has 1 unspecified atom stereocenters. The molecule has 0 saturated carbocycles. The molecule has 1 amide bonds. The molecule has 1 fully saturated rings. The molecule has 0 spiro atoms. The van der Waals surface area contributed by atoms with Crippen molar-refractivity contribution in [3.63, 3.8) is 0 Å². The molecule has 7 heavy (non-hydrogen) atoms. The maximum Gasteiger partial charge on any atom is 0.248 e. The molecule has 0 aliphatic carbocycles. The van der Waals surface area contributed by atoms with Crippen molar-refractivity contribution in [3.05, 3.63) is 0 Å². The van der Waals surface area contributed by atoms with Crippen LogP contribution >= 0.6 is 12.2 Å². The van der Waals surface area contributed by atoms with Gasteiger partial charge in [-0.3, -0.25) is 4.79 Å². The Labute approximate surface area is 45.9 Å². The molecule has 1 aliphatic rings. The Hall–Kier alpha value is -0.480. The van der Waals surface area contributed by atoms with Gasteiger partial charge in [-0.1, -0.05) is 12.2 Å². The largest absolute Gasteiger partial charge is 0.317 e. The fraction of sp³-hybridized carbons (Fsp3) is 0.333. The predicted molar refractivity (Wildman–Crippen MR) is 28.7 cm³/mol. The number of amides is 1. The van der Waals surface area contributed by atoms with Gasteiger partial charge in [0.25, 0.3) is 0 Å². The van der Waals surface area contributed by atoms with E-state index in [0.29, 0.717) is 4.99 Å². The van der Waals surface area contributed by atoms with E-state index in [9.17, 15) is 4.79 Å². The van der Waals surface area contributed by atoms with Crippen LogP contribution in [0.25, 0.3) is 0 Å². The second-order valence-electron chi connectivity index (χ2n) is 1.33. The number of thiocarbonyl (C=S) groups is 1. The van der Waals surface area contributed by atoms with E-state index >= 15 is 0 Å². The molecular weight excluding hydrogens is 112 g/mol. The molecule has 3 N–H and O–H groups in total. The first kappa shape index (κ1) is 4.67. The van der Waals surface area contributed by atoms with Gasteiger partial charge in [0.15, 0.2) is 0 Å². The number of hydrogen-bond donors (Lipinski definition) is 2. The number of hydrogen-bond acceptors (Lipinski definition) is 3. The maximum atomic E-state index is 10.1. The molecule has 1 atom stereocenters. The number of β-lactam (4-membered cyclic amide) rings is 1. The highest BCUT2D eigenvalue weighted by Crippen LogP contribution is 1.92. The molecule has 1 saturated heterocycles. The highest BCUT2D eigenvalue weighted by atomic mass is 32.1. The van der Waals surface area contributed by atoms with E-state index in [-0.39, 0.29) is 5.91 Å². The smallest absolute Gasteiger partial charge is 0.248 e. The van der Waals surface area contributed by atoms with Gasteiger partial charge in [0.2, 0.25) is 5.91 Å². The fourth-order valence-electron chi connectivity index (χ4n) is 0.318. The van der Waals surface area contributed by atoms with E-state index in [1.165, 1.54) is 0 Å². The minimum atomic E-state index is -0.519. The van der Waals surface area contributed by atoms with Crippen molar-refractivity contribution >= 4 is 23.1 Å². The van der Waals surface area contributed by atoms with E-state index in [1.54, 1.807) is 0 Å². The third-order valence-corrected chi connectivity index (χ3v) is 1.17. The van der Waals surface area contributed by atoms with Gasteiger partial charge in [-0.2, -0.15) is 0 Å². The van der Waals surface area contributed by atoms with Crippen LogP contribution in [0.5, 0.6) is 0 Å². The molecule has 0 bridgehead atoms. The highest BCUT2D eigenvalue weighted by Gasteiger charge is 2.29. The van der Waals surface area contributed by atoms with Crippen LogP contribution in [0.3, 0.4) is 0 Å². The Kier molecular flexibility index (Phi) is 0.831. The average Bonchev–Trinajstić information content (AvgIpc) is 1.68. The van der Waals surface area contributed by atoms with Gasteiger partial charge in [-0.15, -0.1) is 0 Å². The molecular formula is C3H4N2OS. The topological polar surface area (TPSA) is 55.1 Å². The summed E-state index contributed by atoms with van der Waals surface area (Å²) in [5.74, 6) is -0.176. The first-order chi connectivity index (χ1) is 3.22. The molecule has 1 heterocycles. The molecule has 3 nitrogen and oxygen atoms in total. The van der Waals surface area contributed by atoms with Crippen molar-refractivity contribution in [2.24, 2.45) is 5.73 Å². The summed E-state index contributed by atoms with van der Waals surface area (Å²) >= 11 is 4.53. The van der Waals surface area contributed by atoms with Gasteiger partial charge in [0.05, 0.1) is 0 Å². The van der Waals surface area contributed by atoms with Crippen LogP contribution in [0.1, 0.15) is 0 Å². The Morgan fingerprint density at radius 1 is 1.86 bits per heavy atom. The number of nitrogens with two attached hydrogens (primary N) is 1. The molecule has 0 aromatic rings. The standard InChI is InChI=1S/C3H4N2OS/c4-1-2(6)5-3(1)7/h1H,4H2,(H,5,6,7). The summed E-state index contributed by atoms with van der Waals surface area (Å²) in [6, 6.07) is -0.519. The van der Waals surface area contributed by atoms with Crippen molar-refractivity contribution < 1.29 is 4.79 Å². The lowest BCUT2D eigenvalue weighted by Crippen LogP contribution is -2.62. The van der Waals surface area contributed by atoms with Crippen molar-refractivity contribution in [2.45, 2.75) is 6.04 Å². The van der Waals surface area contributed by atoms with Gasteiger partial charge in [-0.25, -0.2) is 0 Å². The van der Waals surface area contributed by atoms with Crippen LogP contribution in [0.2, 0.25) is 0 Å². The van der Waals surface area contributed by atoms with Crippen molar-refractivity contribution in [1.29, 1.82) is 0 Å². The SMILES string of the molecule is NC1C(=O)NC1=S. The van der Waals surface area contributed by atoms with Crippen LogP contribution in [-0.2, 0) is 4.79 Å².